The predicted octanol–water partition coefficient (Wildman–Crippen LogP) is 4.81. The molecule has 0 aliphatic carbocycles. The summed E-state index contributed by atoms with van der Waals surface area (Å²) in [5, 5.41) is 5.46. The lowest BCUT2D eigenvalue weighted by molar-refractivity contribution is -0.215. The predicted molar refractivity (Wildman–Crippen MR) is 111 cm³/mol. The van der Waals surface area contributed by atoms with E-state index in [2.05, 4.69) is 20.4 Å². The molecular weight excluding hydrogens is 411 g/mol. The van der Waals surface area contributed by atoms with Crippen molar-refractivity contribution in [2.75, 3.05) is 5.32 Å². The smallest absolute Gasteiger partial charge is 0.429 e. The monoisotopic (exact) mass is 437 g/mol. The second-order valence-electron chi connectivity index (χ2n) is 7.57. The molecule has 2 N–H and O–H groups in total. The molecule has 0 saturated heterocycles. The Morgan fingerprint density at radius 2 is 1.68 bits per heavy atom. The molecule has 0 fully saturated rings. The maximum atomic E-state index is 13.4. The molecule has 31 heavy (non-hydrogen) atoms. The lowest BCUT2D eigenvalue weighted by atomic mass is 10.1. The number of ether oxygens (including phenoxy) is 1. The molecule has 0 bridgehead atoms. The van der Waals surface area contributed by atoms with Crippen molar-refractivity contribution in [3.63, 3.8) is 0 Å². The van der Waals surface area contributed by atoms with E-state index in [1.807, 2.05) is 0 Å². The van der Waals surface area contributed by atoms with E-state index in [4.69, 9.17) is 0 Å². The van der Waals surface area contributed by atoms with Gasteiger partial charge in [0.25, 0.3) is 5.91 Å². The number of carbonyl (C=O) groups is 2. The van der Waals surface area contributed by atoms with Gasteiger partial charge in [-0.2, -0.15) is 8.78 Å². The van der Waals surface area contributed by atoms with E-state index in [0.717, 1.165) is 0 Å². The van der Waals surface area contributed by atoms with E-state index >= 15 is 0 Å². The number of anilines is 1. The van der Waals surface area contributed by atoms with Crippen molar-refractivity contribution in [1.29, 1.82) is 0 Å². The Labute approximate surface area is 179 Å². The number of carbonyl (C=O) groups excluding carboxylic acids is 2. The SMILES string of the molecule is Cc1cc(C(=O)NC(C)c2ccc(OC(F)(F)C(C)F)cc2)cc(NC(=O)C(C)C)n1. The molecule has 168 valence electrons. The quantitative estimate of drug-likeness (QED) is 0.621. The van der Waals surface area contributed by atoms with Crippen molar-refractivity contribution in [2.45, 2.75) is 52.9 Å². The standard InChI is InChI=1S/C22H26F3N3O3/c1-12(2)20(29)28-19-11-17(10-13(3)26-19)21(30)27-14(4)16-6-8-18(9-7-16)31-22(24,25)15(5)23/h6-12,14-15H,1-5H3,(H,27,30)(H,26,28,29). The highest BCUT2D eigenvalue weighted by atomic mass is 19.3. The van der Waals surface area contributed by atoms with Crippen LogP contribution in [0.3, 0.4) is 0 Å². The third-order valence-electron chi connectivity index (χ3n) is 4.44. The zero-order chi connectivity index (χ0) is 23.3. The van der Waals surface area contributed by atoms with Crippen LogP contribution in [-0.2, 0) is 4.79 Å². The van der Waals surface area contributed by atoms with Crippen molar-refractivity contribution in [3.05, 3.63) is 53.2 Å². The molecule has 1 heterocycles. The van der Waals surface area contributed by atoms with Crippen LogP contribution < -0.4 is 15.4 Å². The summed E-state index contributed by atoms with van der Waals surface area (Å²) in [6.45, 7) is 7.64. The van der Waals surface area contributed by atoms with E-state index in [9.17, 15) is 22.8 Å². The van der Waals surface area contributed by atoms with Crippen LogP contribution in [0.2, 0.25) is 0 Å². The Balaban J connectivity index is 2.08. The van der Waals surface area contributed by atoms with Gasteiger partial charge >= 0.3 is 6.11 Å². The molecule has 2 amide bonds. The highest BCUT2D eigenvalue weighted by Crippen LogP contribution is 2.27. The van der Waals surface area contributed by atoms with Gasteiger partial charge in [-0.3, -0.25) is 9.59 Å². The van der Waals surface area contributed by atoms with E-state index < -0.39 is 24.2 Å². The number of aryl methyl sites for hydroxylation is 1. The fraction of sp³-hybridized carbons (Fsp3) is 0.409. The van der Waals surface area contributed by atoms with Crippen molar-refractivity contribution in [2.24, 2.45) is 5.92 Å². The van der Waals surface area contributed by atoms with Crippen LogP contribution in [-0.4, -0.2) is 29.1 Å². The second kappa shape index (κ2) is 9.80. The van der Waals surface area contributed by atoms with E-state index in [1.165, 1.54) is 30.3 Å². The number of amides is 2. The highest BCUT2D eigenvalue weighted by molar-refractivity contribution is 5.97. The maximum Gasteiger partial charge on any atom is 0.429 e. The normalized spacial score (nSPS) is 13.5. The molecule has 0 aliphatic heterocycles. The average molecular weight is 437 g/mol. The number of rotatable bonds is 8. The molecule has 1 aromatic heterocycles. The molecular formula is C22H26F3N3O3. The first-order valence-electron chi connectivity index (χ1n) is 9.80. The second-order valence-corrected chi connectivity index (χ2v) is 7.57. The molecule has 2 unspecified atom stereocenters. The largest absolute Gasteiger partial charge is 0.430 e. The number of hydrogen-bond acceptors (Lipinski definition) is 4. The average Bonchev–Trinajstić information content (AvgIpc) is 2.67. The summed E-state index contributed by atoms with van der Waals surface area (Å²) >= 11 is 0. The number of nitrogens with zero attached hydrogens (tertiary/aromatic N) is 1. The Kier molecular flexibility index (Phi) is 7.65. The van der Waals surface area contributed by atoms with Crippen molar-refractivity contribution in [1.82, 2.24) is 10.3 Å². The molecule has 1 aromatic carbocycles. The zero-order valence-electron chi connectivity index (χ0n) is 18.0. The number of pyridine rings is 1. The minimum atomic E-state index is -3.93. The van der Waals surface area contributed by atoms with Crippen LogP contribution in [0.15, 0.2) is 36.4 Å². The fourth-order valence-corrected chi connectivity index (χ4v) is 2.56. The summed E-state index contributed by atoms with van der Waals surface area (Å²) in [5.41, 5.74) is 1.51. The van der Waals surface area contributed by atoms with E-state index in [0.29, 0.717) is 23.7 Å². The maximum absolute atomic E-state index is 13.4. The molecule has 0 saturated carbocycles. The van der Waals surface area contributed by atoms with Gasteiger partial charge in [0.2, 0.25) is 12.1 Å². The summed E-state index contributed by atoms with van der Waals surface area (Å²) in [6.07, 6.45) is -6.38. The highest BCUT2D eigenvalue weighted by Gasteiger charge is 2.39. The summed E-state index contributed by atoms with van der Waals surface area (Å²) in [5.74, 6) is -0.753. The van der Waals surface area contributed by atoms with Gasteiger partial charge < -0.3 is 15.4 Å². The number of hydrogen-bond donors (Lipinski definition) is 2. The molecule has 0 radical (unpaired) electrons. The van der Waals surface area contributed by atoms with Gasteiger partial charge in [-0.1, -0.05) is 26.0 Å². The van der Waals surface area contributed by atoms with Crippen LogP contribution in [0.4, 0.5) is 19.0 Å². The minimum absolute atomic E-state index is 0.188. The van der Waals surface area contributed by atoms with Gasteiger partial charge in [-0.05, 0) is 50.6 Å². The third kappa shape index (κ3) is 6.70. The Morgan fingerprint density at radius 3 is 2.23 bits per heavy atom. The zero-order valence-corrected chi connectivity index (χ0v) is 18.0. The fourth-order valence-electron chi connectivity index (χ4n) is 2.56. The number of nitrogens with one attached hydrogen (secondary N) is 2. The van der Waals surface area contributed by atoms with Crippen LogP contribution >= 0.6 is 0 Å². The van der Waals surface area contributed by atoms with Crippen LogP contribution in [0.5, 0.6) is 5.75 Å². The molecule has 0 spiro atoms. The van der Waals surface area contributed by atoms with Gasteiger partial charge in [0.15, 0.2) is 0 Å². The molecule has 2 aromatic rings. The minimum Gasteiger partial charge on any atom is -0.430 e. The Hall–Kier alpha value is -3.10. The van der Waals surface area contributed by atoms with Gasteiger partial charge in [-0.25, -0.2) is 9.37 Å². The lowest BCUT2D eigenvalue weighted by Crippen LogP contribution is -2.34. The summed E-state index contributed by atoms with van der Waals surface area (Å²) < 4.78 is 44.0. The molecule has 2 atom stereocenters. The Bertz CT molecular complexity index is 931. The molecule has 6 nitrogen and oxygen atoms in total. The van der Waals surface area contributed by atoms with Gasteiger partial charge in [0, 0.05) is 17.2 Å². The first-order valence-corrected chi connectivity index (χ1v) is 9.80. The number of benzene rings is 1. The van der Waals surface area contributed by atoms with Crippen LogP contribution in [0, 0.1) is 12.8 Å². The van der Waals surface area contributed by atoms with E-state index in [-0.39, 0.29) is 23.4 Å². The van der Waals surface area contributed by atoms with Crippen molar-refractivity contribution in [3.8, 4) is 5.75 Å². The van der Waals surface area contributed by atoms with Gasteiger partial charge in [-0.15, -0.1) is 0 Å². The van der Waals surface area contributed by atoms with Crippen LogP contribution in [0.1, 0.15) is 55.4 Å². The third-order valence-corrected chi connectivity index (χ3v) is 4.44. The lowest BCUT2D eigenvalue weighted by Gasteiger charge is -2.20. The van der Waals surface area contributed by atoms with Crippen LogP contribution in [0.25, 0.3) is 0 Å². The van der Waals surface area contributed by atoms with Crippen molar-refractivity contribution < 1.29 is 27.5 Å². The van der Waals surface area contributed by atoms with Crippen molar-refractivity contribution >= 4 is 17.6 Å². The molecule has 9 heteroatoms. The number of halogens is 3. The topological polar surface area (TPSA) is 80.3 Å². The number of aromatic nitrogens is 1. The first-order chi connectivity index (χ1) is 14.4. The van der Waals surface area contributed by atoms with Gasteiger partial charge in [0.05, 0.1) is 6.04 Å². The van der Waals surface area contributed by atoms with Gasteiger partial charge in [0.1, 0.15) is 11.6 Å². The summed E-state index contributed by atoms with van der Waals surface area (Å²) in [4.78, 5) is 28.8. The Morgan fingerprint density at radius 1 is 1.06 bits per heavy atom. The molecule has 0 aliphatic rings. The number of alkyl halides is 3. The molecule has 2 rings (SSSR count). The summed E-state index contributed by atoms with van der Waals surface area (Å²) in [7, 11) is 0. The first kappa shape index (κ1) is 24.2. The van der Waals surface area contributed by atoms with E-state index in [1.54, 1.807) is 33.8 Å². The summed E-state index contributed by atoms with van der Waals surface area (Å²) in [6, 6.07) is 8.19.